The van der Waals surface area contributed by atoms with Crippen LogP contribution < -0.4 is 0 Å². The summed E-state index contributed by atoms with van der Waals surface area (Å²) in [4.78, 5) is 10.7. The molecule has 0 aliphatic heterocycles. The first kappa shape index (κ1) is 13.6. The van der Waals surface area contributed by atoms with Gasteiger partial charge >= 0.3 is 5.97 Å². The van der Waals surface area contributed by atoms with E-state index < -0.39 is 19.9 Å². The molecule has 0 atom stereocenters. The summed E-state index contributed by atoms with van der Waals surface area (Å²) >= 11 is 11.3. The Morgan fingerprint density at radius 1 is 1.25 bits per heavy atom. The van der Waals surface area contributed by atoms with Crippen LogP contribution >= 0.6 is 33.9 Å². The van der Waals surface area contributed by atoms with Gasteiger partial charge in [0.2, 0.25) is 0 Å². The highest BCUT2D eigenvalue weighted by atomic mass is 35.7. The Hall–Kier alpha value is -0.490. The summed E-state index contributed by atoms with van der Waals surface area (Å²) in [7, 11) is 2.24. The number of halogens is 3. The SMILES string of the molecule is COC(=O)c1cc(Cl)c(S(=O)(=O)Cl)c(Cl)c1. The van der Waals surface area contributed by atoms with Crippen LogP contribution in [0.1, 0.15) is 10.4 Å². The van der Waals surface area contributed by atoms with Crippen LogP contribution in [-0.2, 0) is 13.8 Å². The predicted octanol–water partition coefficient (Wildman–Crippen LogP) is 2.71. The quantitative estimate of drug-likeness (QED) is 0.622. The first-order valence-corrected chi connectivity index (χ1v) is 6.86. The molecule has 0 aliphatic carbocycles. The van der Waals surface area contributed by atoms with Gasteiger partial charge in [0.05, 0.1) is 22.7 Å². The van der Waals surface area contributed by atoms with E-state index in [9.17, 15) is 13.2 Å². The summed E-state index contributed by atoms with van der Waals surface area (Å²) in [5.41, 5.74) is 0.0431. The maximum Gasteiger partial charge on any atom is 0.337 e. The lowest BCUT2D eigenvalue weighted by molar-refractivity contribution is 0.0600. The van der Waals surface area contributed by atoms with E-state index in [0.29, 0.717) is 0 Å². The minimum atomic E-state index is -4.06. The molecule has 0 spiro atoms. The number of hydrogen-bond donors (Lipinski definition) is 0. The summed E-state index contributed by atoms with van der Waals surface area (Å²) in [6.45, 7) is 0. The van der Waals surface area contributed by atoms with E-state index in [1.165, 1.54) is 7.11 Å². The van der Waals surface area contributed by atoms with Gasteiger partial charge in [0.15, 0.2) is 0 Å². The molecule has 0 unspecified atom stereocenters. The van der Waals surface area contributed by atoms with Crippen molar-refractivity contribution in [3.8, 4) is 0 Å². The summed E-state index contributed by atoms with van der Waals surface area (Å²) in [6, 6.07) is 2.24. The maximum absolute atomic E-state index is 11.2. The van der Waals surface area contributed by atoms with Crippen molar-refractivity contribution in [1.29, 1.82) is 0 Å². The van der Waals surface area contributed by atoms with Gasteiger partial charge in [0, 0.05) is 10.7 Å². The lowest BCUT2D eigenvalue weighted by Gasteiger charge is -2.05. The highest BCUT2D eigenvalue weighted by Crippen LogP contribution is 2.33. The number of ether oxygens (including phenoxy) is 1. The van der Waals surface area contributed by atoms with Gasteiger partial charge in [-0.15, -0.1) is 0 Å². The first-order chi connectivity index (χ1) is 7.27. The largest absolute Gasteiger partial charge is 0.465 e. The van der Waals surface area contributed by atoms with Gasteiger partial charge in [0.25, 0.3) is 9.05 Å². The van der Waals surface area contributed by atoms with Crippen LogP contribution in [-0.4, -0.2) is 21.5 Å². The third kappa shape index (κ3) is 2.79. The smallest absolute Gasteiger partial charge is 0.337 e. The van der Waals surface area contributed by atoms with E-state index >= 15 is 0 Å². The predicted molar refractivity (Wildman–Crippen MR) is 60.8 cm³/mol. The molecule has 0 amide bonds. The Morgan fingerprint density at radius 2 is 1.69 bits per heavy atom. The number of methoxy groups -OCH3 is 1. The molecule has 0 aromatic heterocycles. The maximum atomic E-state index is 11.2. The number of benzene rings is 1. The van der Waals surface area contributed by atoms with E-state index in [2.05, 4.69) is 4.74 Å². The molecule has 16 heavy (non-hydrogen) atoms. The summed E-state index contributed by atoms with van der Waals surface area (Å²) in [5, 5.41) is -0.467. The highest BCUT2D eigenvalue weighted by molar-refractivity contribution is 8.14. The monoisotopic (exact) mass is 302 g/mol. The Morgan fingerprint density at radius 3 is 2.00 bits per heavy atom. The lowest BCUT2D eigenvalue weighted by atomic mass is 10.2. The van der Waals surface area contributed by atoms with Crippen LogP contribution in [0, 0.1) is 0 Å². The Labute approximate surface area is 106 Å². The minimum Gasteiger partial charge on any atom is -0.465 e. The Kier molecular flexibility index (Phi) is 4.07. The standard InChI is InChI=1S/C8H5Cl3O4S/c1-15-8(12)4-2-5(9)7(6(10)3-4)16(11,13)14/h2-3H,1H3. The topological polar surface area (TPSA) is 60.4 Å². The number of hydrogen-bond acceptors (Lipinski definition) is 4. The summed E-state index contributed by atoms with van der Waals surface area (Å²) in [5.74, 6) is -0.678. The van der Waals surface area contributed by atoms with Gasteiger partial charge in [-0.2, -0.15) is 0 Å². The molecule has 4 nitrogen and oxygen atoms in total. The summed E-state index contributed by atoms with van der Waals surface area (Å²) in [6.07, 6.45) is 0. The van der Waals surface area contributed by atoms with Gasteiger partial charge in [0.1, 0.15) is 4.90 Å². The van der Waals surface area contributed by atoms with Crippen molar-refractivity contribution in [3.63, 3.8) is 0 Å². The van der Waals surface area contributed by atoms with Crippen molar-refractivity contribution in [2.45, 2.75) is 4.90 Å². The Bertz CT molecular complexity index is 515. The zero-order valence-electron chi connectivity index (χ0n) is 7.83. The second-order valence-electron chi connectivity index (χ2n) is 2.70. The van der Waals surface area contributed by atoms with Crippen LogP contribution in [0.2, 0.25) is 10.0 Å². The van der Waals surface area contributed by atoms with Gasteiger partial charge in [-0.25, -0.2) is 13.2 Å². The van der Waals surface area contributed by atoms with Crippen LogP contribution in [0.4, 0.5) is 0 Å². The van der Waals surface area contributed by atoms with Crippen molar-refractivity contribution in [2.24, 2.45) is 0 Å². The molecular formula is C8H5Cl3O4S. The minimum absolute atomic E-state index is 0.0431. The normalized spacial score (nSPS) is 11.2. The van der Waals surface area contributed by atoms with Gasteiger partial charge < -0.3 is 4.74 Å². The number of carbonyl (C=O) groups is 1. The van der Waals surface area contributed by atoms with Crippen LogP contribution in [0.25, 0.3) is 0 Å². The average molecular weight is 304 g/mol. The molecule has 1 rings (SSSR count). The molecule has 1 aromatic rings. The van der Waals surface area contributed by atoms with E-state index in [1.54, 1.807) is 0 Å². The van der Waals surface area contributed by atoms with Crippen molar-refractivity contribution < 1.29 is 17.9 Å². The van der Waals surface area contributed by atoms with E-state index in [-0.39, 0.29) is 15.6 Å². The van der Waals surface area contributed by atoms with E-state index in [4.69, 9.17) is 33.9 Å². The molecular weight excluding hydrogens is 299 g/mol. The van der Waals surface area contributed by atoms with Gasteiger partial charge in [-0.1, -0.05) is 23.2 Å². The zero-order valence-corrected chi connectivity index (χ0v) is 10.9. The fourth-order valence-electron chi connectivity index (χ4n) is 1.03. The second-order valence-corrected chi connectivity index (χ2v) is 6.02. The van der Waals surface area contributed by atoms with E-state index in [0.717, 1.165) is 12.1 Å². The van der Waals surface area contributed by atoms with Crippen LogP contribution in [0.3, 0.4) is 0 Å². The van der Waals surface area contributed by atoms with Gasteiger partial charge in [-0.05, 0) is 12.1 Å². The number of rotatable bonds is 2. The average Bonchev–Trinajstić information content (AvgIpc) is 2.13. The third-order valence-electron chi connectivity index (χ3n) is 1.66. The Balaban J connectivity index is 3.46. The molecule has 0 heterocycles. The molecule has 8 heteroatoms. The molecule has 0 aliphatic rings. The van der Waals surface area contributed by atoms with Crippen molar-refractivity contribution >= 4 is 48.9 Å². The molecule has 1 aromatic carbocycles. The lowest BCUT2D eigenvalue weighted by Crippen LogP contribution is -2.03. The van der Waals surface area contributed by atoms with Crippen LogP contribution in [0.5, 0.6) is 0 Å². The molecule has 88 valence electrons. The first-order valence-electron chi connectivity index (χ1n) is 3.79. The zero-order chi connectivity index (χ0) is 12.5. The molecule has 0 N–H and O–H groups in total. The number of esters is 1. The summed E-state index contributed by atoms with van der Waals surface area (Å²) < 4.78 is 26.6. The molecule has 0 saturated heterocycles. The van der Waals surface area contributed by atoms with Gasteiger partial charge in [-0.3, -0.25) is 0 Å². The fourth-order valence-corrected chi connectivity index (χ4v) is 3.44. The third-order valence-corrected chi connectivity index (χ3v) is 3.87. The van der Waals surface area contributed by atoms with E-state index in [1.807, 2.05) is 0 Å². The highest BCUT2D eigenvalue weighted by Gasteiger charge is 2.21. The van der Waals surface area contributed by atoms with Crippen LogP contribution in [0.15, 0.2) is 17.0 Å². The molecule has 0 bridgehead atoms. The second kappa shape index (κ2) is 4.79. The number of carbonyl (C=O) groups excluding carboxylic acids is 1. The van der Waals surface area contributed by atoms with Crippen molar-refractivity contribution in [1.82, 2.24) is 0 Å². The molecule has 0 fully saturated rings. The molecule has 0 radical (unpaired) electrons. The fraction of sp³-hybridized carbons (Fsp3) is 0.125. The van der Waals surface area contributed by atoms with Crippen molar-refractivity contribution in [3.05, 3.63) is 27.7 Å². The van der Waals surface area contributed by atoms with Crippen molar-refractivity contribution in [2.75, 3.05) is 7.11 Å². The molecule has 0 saturated carbocycles.